The van der Waals surface area contributed by atoms with Crippen LogP contribution in [0.1, 0.15) is 33.6 Å². The molecule has 4 nitrogen and oxygen atoms in total. The molecule has 18 heavy (non-hydrogen) atoms. The molecule has 0 amide bonds. The van der Waals surface area contributed by atoms with E-state index in [1.807, 2.05) is 6.92 Å². The largest absolute Gasteiger partial charge is 0.508 e. The van der Waals surface area contributed by atoms with Gasteiger partial charge in [0, 0.05) is 6.04 Å². The molecule has 0 saturated carbocycles. The minimum absolute atomic E-state index is 0.0574. The number of sulfonamides is 1. The average Bonchev–Trinajstić information content (AvgIpc) is 2.30. The lowest BCUT2D eigenvalue weighted by atomic mass is 9.96. The Hall–Kier alpha value is -1.07. The molecule has 2 N–H and O–H groups in total. The van der Waals surface area contributed by atoms with Gasteiger partial charge in [0.1, 0.15) is 5.75 Å². The van der Waals surface area contributed by atoms with Gasteiger partial charge in [-0.2, -0.15) is 0 Å². The van der Waals surface area contributed by atoms with Crippen LogP contribution in [-0.2, 0) is 10.0 Å². The van der Waals surface area contributed by atoms with Crippen LogP contribution in [0.3, 0.4) is 0 Å². The van der Waals surface area contributed by atoms with E-state index >= 15 is 0 Å². The van der Waals surface area contributed by atoms with Crippen molar-refractivity contribution in [1.29, 1.82) is 0 Å². The van der Waals surface area contributed by atoms with Crippen LogP contribution in [0.15, 0.2) is 29.2 Å². The molecule has 0 saturated heterocycles. The highest BCUT2D eigenvalue weighted by Gasteiger charge is 2.21. The maximum atomic E-state index is 12.1. The molecule has 1 aromatic rings. The normalized spacial score (nSPS) is 13.8. The Bertz CT molecular complexity index is 464. The number of nitrogens with one attached hydrogen (secondary N) is 1. The van der Waals surface area contributed by atoms with Gasteiger partial charge in [-0.15, -0.1) is 0 Å². The molecule has 0 bridgehead atoms. The van der Waals surface area contributed by atoms with Crippen molar-refractivity contribution >= 4 is 10.0 Å². The van der Waals surface area contributed by atoms with Crippen LogP contribution in [-0.4, -0.2) is 19.6 Å². The summed E-state index contributed by atoms with van der Waals surface area (Å²) < 4.78 is 26.9. The van der Waals surface area contributed by atoms with Gasteiger partial charge in [0.15, 0.2) is 0 Å². The van der Waals surface area contributed by atoms with Crippen molar-refractivity contribution in [2.75, 3.05) is 0 Å². The summed E-state index contributed by atoms with van der Waals surface area (Å²) in [5.41, 5.74) is 0. The van der Waals surface area contributed by atoms with Gasteiger partial charge >= 0.3 is 0 Å². The number of rotatable bonds is 6. The van der Waals surface area contributed by atoms with Crippen LogP contribution >= 0.6 is 0 Å². The summed E-state index contributed by atoms with van der Waals surface area (Å²) in [5, 5.41) is 9.15. The van der Waals surface area contributed by atoms with Crippen LogP contribution in [0.4, 0.5) is 0 Å². The summed E-state index contributed by atoms with van der Waals surface area (Å²) >= 11 is 0. The van der Waals surface area contributed by atoms with Gasteiger partial charge in [0.2, 0.25) is 10.0 Å². The van der Waals surface area contributed by atoms with E-state index in [9.17, 15) is 8.42 Å². The molecule has 5 heteroatoms. The molecule has 1 rings (SSSR count). The zero-order valence-electron chi connectivity index (χ0n) is 11.1. The molecule has 0 aromatic heterocycles. The summed E-state index contributed by atoms with van der Waals surface area (Å²) in [7, 11) is -3.50. The number of aromatic hydroxyl groups is 1. The van der Waals surface area contributed by atoms with E-state index in [4.69, 9.17) is 5.11 Å². The lowest BCUT2D eigenvalue weighted by molar-refractivity contribution is 0.390. The Morgan fingerprint density at radius 2 is 1.67 bits per heavy atom. The Labute approximate surface area is 109 Å². The van der Waals surface area contributed by atoms with Crippen molar-refractivity contribution in [3.63, 3.8) is 0 Å². The van der Waals surface area contributed by atoms with Crippen molar-refractivity contribution < 1.29 is 13.5 Å². The highest BCUT2D eigenvalue weighted by molar-refractivity contribution is 7.89. The highest BCUT2D eigenvalue weighted by Crippen LogP contribution is 2.18. The fraction of sp³-hybridized carbons (Fsp3) is 0.538. The molecule has 102 valence electrons. The molecule has 0 heterocycles. The molecular formula is C13H21NO3S. The van der Waals surface area contributed by atoms with E-state index in [1.54, 1.807) is 0 Å². The quantitative estimate of drug-likeness (QED) is 0.835. The number of phenols is 1. The van der Waals surface area contributed by atoms with Crippen molar-refractivity contribution in [3.05, 3.63) is 24.3 Å². The fourth-order valence-electron chi connectivity index (χ4n) is 2.03. The number of benzene rings is 1. The Morgan fingerprint density at radius 3 is 2.11 bits per heavy atom. The molecule has 0 spiro atoms. The van der Waals surface area contributed by atoms with Crippen LogP contribution in [0, 0.1) is 5.92 Å². The van der Waals surface area contributed by atoms with E-state index in [-0.39, 0.29) is 16.7 Å². The third kappa shape index (κ3) is 3.71. The Balaban J connectivity index is 2.85. The van der Waals surface area contributed by atoms with E-state index in [2.05, 4.69) is 18.6 Å². The Kier molecular flexibility index (Phi) is 5.16. The molecule has 1 atom stereocenters. The first-order valence-corrected chi connectivity index (χ1v) is 7.70. The van der Waals surface area contributed by atoms with Crippen LogP contribution in [0.25, 0.3) is 0 Å². The van der Waals surface area contributed by atoms with Gasteiger partial charge in [0.25, 0.3) is 0 Å². The van der Waals surface area contributed by atoms with Crippen molar-refractivity contribution in [3.8, 4) is 5.75 Å². The zero-order valence-corrected chi connectivity index (χ0v) is 11.9. The zero-order chi connectivity index (χ0) is 13.8. The Morgan fingerprint density at radius 1 is 1.17 bits per heavy atom. The van der Waals surface area contributed by atoms with E-state index in [0.717, 1.165) is 12.8 Å². The molecule has 0 aliphatic rings. The molecule has 0 radical (unpaired) electrons. The maximum absolute atomic E-state index is 12.1. The molecule has 1 unspecified atom stereocenters. The number of hydrogen-bond acceptors (Lipinski definition) is 3. The summed E-state index contributed by atoms with van der Waals surface area (Å²) in [5.74, 6) is 0.388. The van der Waals surface area contributed by atoms with Crippen molar-refractivity contribution in [2.24, 2.45) is 5.92 Å². The topological polar surface area (TPSA) is 66.4 Å². The number of phenolic OH excluding ortho intramolecular Hbond substituents is 1. The van der Waals surface area contributed by atoms with E-state index in [0.29, 0.717) is 5.92 Å². The van der Waals surface area contributed by atoms with Crippen LogP contribution in [0.2, 0.25) is 0 Å². The monoisotopic (exact) mass is 271 g/mol. The first-order valence-electron chi connectivity index (χ1n) is 6.22. The van der Waals surface area contributed by atoms with Crippen molar-refractivity contribution in [2.45, 2.75) is 44.6 Å². The molecule has 0 fully saturated rings. The standard InChI is InChI=1S/C13H21NO3S/c1-4-11(5-2)10(3)14-18(16,17)13-8-6-12(15)7-9-13/h6-11,14-15H,4-5H2,1-3H3. The summed E-state index contributed by atoms with van der Waals surface area (Å²) in [6.07, 6.45) is 1.88. The smallest absolute Gasteiger partial charge is 0.240 e. The molecule has 0 aliphatic carbocycles. The predicted octanol–water partition coefficient (Wildman–Crippen LogP) is 2.50. The van der Waals surface area contributed by atoms with Gasteiger partial charge < -0.3 is 5.11 Å². The van der Waals surface area contributed by atoms with Crippen LogP contribution < -0.4 is 4.72 Å². The second-order valence-corrected chi connectivity index (χ2v) is 6.19. The van der Waals surface area contributed by atoms with Gasteiger partial charge in [0.05, 0.1) is 4.90 Å². The van der Waals surface area contributed by atoms with Gasteiger partial charge in [-0.3, -0.25) is 0 Å². The predicted molar refractivity (Wildman–Crippen MR) is 72.0 cm³/mol. The highest BCUT2D eigenvalue weighted by atomic mass is 32.2. The fourth-order valence-corrected chi connectivity index (χ4v) is 3.34. The third-order valence-electron chi connectivity index (χ3n) is 3.24. The van der Waals surface area contributed by atoms with Crippen molar-refractivity contribution in [1.82, 2.24) is 4.72 Å². The van der Waals surface area contributed by atoms with Crippen LogP contribution in [0.5, 0.6) is 5.75 Å². The van der Waals surface area contributed by atoms with Gasteiger partial charge in [-0.05, 0) is 37.1 Å². The summed E-state index contributed by atoms with van der Waals surface area (Å²) in [6, 6.07) is 5.44. The third-order valence-corrected chi connectivity index (χ3v) is 4.82. The minimum atomic E-state index is -3.50. The second kappa shape index (κ2) is 6.20. The average molecular weight is 271 g/mol. The lowest BCUT2D eigenvalue weighted by Gasteiger charge is -2.22. The molecule has 0 aliphatic heterocycles. The first kappa shape index (κ1) is 15.0. The van der Waals surface area contributed by atoms with Gasteiger partial charge in [-0.25, -0.2) is 13.1 Å². The first-order chi connectivity index (χ1) is 8.40. The lowest BCUT2D eigenvalue weighted by Crippen LogP contribution is -2.37. The van der Waals surface area contributed by atoms with E-state index in [1.165, 1.54) is 24.3 Å². The maximum Gasteiger partial charge on any atom is 0.240 e. The second-order valence-electron chi connectivity index (χ2n) is 4.48. The molecular weight excluding hydrogens is 250 g/mol. The SMILES string of the molecule is CCC(CC)C(C)NS(=O)(=O)c1ccc(O)cc1. The minimum Gasteiger partial charge on any atom is -0.508 e. The summed E-state index contributed by atoms with van der Waals surface area (Å²) in [6.45, 7) is 5.99. The van der Waals surface area contributed by atoms with Gasteiger partial charge in [-0.1, -0.05) is 26.7 Å². The molecule has 1 aromatic carbocycles. The summed E-state index contributed by atoms with van der Waals surface area (Å²) in [4.78, 5) is 0.179. The number of hydrogen-bond donors (Lipinski definition) is 2. The van der Waals surface area contributed by atoms with E-state index < -0.39 is 10.0 Å².